The van der Waals surface area contributed by atoms with Crippen LogP contribution in [0.4, 0.5) is 0 Å². The van der Waals surface area contributed by atoms with E-state index < -0.39 is 17.7 Å². The van der Waals surface area contributed by atoms with Gasteiger partial charge in [0.05, 0.1) is 25.1 Å². The number of hydrogen-bond donors (Lipinski definition) is 1. The van der Waals surface area contributed by atoms with E-state index in [-0.39, 0.29) is 11.3 Å². The zero-order chi connectivity index (χ0) is 28.9. The first kappa shape index (κ1) is 27.7. The first-order chi connectivity index (χ1) is 19.9. The average molecular weight is 552 g/mol. The second-order valence-electron chi connectivity index (χ2n) is 10.1. The van der Waals surface area contributed by atoms with E-state index in [9.17, 15) is 14.7 Å². The summed E-state index contributed by atoms with van der Waals surface area (Å²) in [6.07, 6.45) is 5.86. The summed E-state index contributed by atoms with van der Waals surface area (Å²) in [5, 5.41) is 11.5. The zero-order valence-corrected chi connectivity index (χ0v) is 23.4. The van der Waals surface area contributed by atoms with Crippen LogP contribution >= 0.6 is 0 Å². The lowest BCUT2D eigenvalue weighted by molar-refractivity contribution is -0.139. The molecule has 1 N–H and O–H groups in total. The third-order valence-electron chi connectivity index (χ3n) is 7.30. The minimum absolute atomic E-state index is 0.0614. The van der Waals surface area contributed by atoms with Gasteiger partial charge in [0.15, 0.2) is 11.5 Å². The van der Waals surface area contributed by atoms with E-state index in [2.05, 4.69) is 4.98 Å². The number of hydrogen-bond acceptors (Lipinski definition) is 6. The minimum atomic E-state index is -0.797. The Labute approximate surface area is 239 Å². The second kappa shape index (κ2) is 12.1. The van der Waals surface area contributed by atoms with Gasteiger partial charge in [-0.15, -0.1) is 0 Å². The molecule has 1 aliphatic rings. The lowest BCUT2D eigenvalue weighted by Gasteiger charge is -2.26. The largest absolute Gasteiger partial charge is 0.507 e. The number of methoxy groups -OCH3 is 1. The van der Waals surface area contributed by atoms with Crippen LogP contribution in [0.1, 0.15) is 40.3 Å². The van der Waals surface area contributed by atoms with Gasteiger partial charge < -0.3 is 24.0 Å². The molecule has 1 aromatic heterocycles. The molecule has 0 radical (unpaired) electrons. The summed E-state index contributed by atoms with van der Waals surface area (Å²) in [5.74, 6) is -0.536. The molecule has 0 aliphatic carbocycles. The van der Waals surface area contributed by atoms with E-state index in [0.29, 0.717) is 48.7 Å². The summed E-state index contributed by atoms with van der Waals surface area (Å²) in [4.78, 5) is 32.5. The lowest BCUT2D eigenvalue weighted by atomic mass is 9.93. The highest BCUT2D eigenvalue weighted by Crippen LogP contribution is 2.42. The van der Waals surface area contributed by atoms with Crippen molar-refractivity contribution in [3.63, 3.8) is 0 Å². The fourth-order valence-corrected chi connectivity index (χ4v) is 5.14. The Morgan fingerprint density at radius 2 is 1.78 bits per heavy atom. The number of aliphatic hydroxyl groups is 1. The number of imidazole rings is 1. The fourth-order valence-electron chi connectivity index (χ4n) is 5.14. The maximum Gasteiger partial charge on any atom is 0.295 e. The number of ketones is 1. The number of amides is 1. The number of ether oxygens (including phenoxy) is 2. The van der Waals surface area contributed by atoms with Crippen LogP contribution in [-0.4, -0.2) is 44.9 Å². The summed E-state index contributed by atoms with van der Waals surface area (Å²) in [5.41, 5.74) is 3.98. The average Bonchev–Trinajstić information content (AvgIpc) is 3.60. The highest BCUT2D eigenvalue weighted by atomic mass is 16.5. The molecule has 210 valence electrons. The Morgan fingerprint density at radius 3 is 2.51 bits per heavy atom. The smallest absolute Gasteiger partial charge is 0.295 e. The van der Waals surface area contributed by atoms with E-state index >= 15 is 0 Å². The van der Waals surface area contributed by atoms with Crippen molar-refractivity contribution >= 4 is 17.4 Å². The highest BCUT2D eigenvalue weighted by Gasteiger charge is 2.46. The van der Waals surface area contributed by atoms with E-state index in [1.54, 1.807) is 31.8 Å². The van der Waals surface area contributed by atoms with E-state index in [1.165, 1.54) is 4.90 Å². The highest BCUT2D eigenvalue weighted by molar-refractivity contribution is 6.46. The van der Waals surface area contributed by atoms with Gasteiger partial charge in [0.25, 0.3) is 11.7 Å². The standard InChI is InChI=1S/C33H33N3O5/c1-22-10-11-23(2)26(18-22)31(37)29-30(36(33(39)32(29)38)16-7-15-35-17-14-34-21-35)25-12-13-27(28(19-25)40-3)41-20-24-8-5-4-6-9-24/h4-6,8-14,17-19,21,30,37H,7,15-16,20H2,1-3H3/b31-29+. The van der Waals surface area contributed by atoms with Crippen molar-refractivity contribution in [3.05, 3.63) is 119 Å². The number of carbonyl (C=O) groups is 2. The molecule has 0 spiro atoms. The number of carbonyl (C=O) groups excluding carboxylic acids is 2. The van der Waals surface area contributed by atoms with Gasteiger partial charge in [0.2, 0.25) is 0 Å². The SMILES string of the molecule is COc1cc(C2/C(=C(\O)c3cc(C)ccc3C)C(=O)C(=O)N2CCCn2ccnc2)ccc1OCc1ccccc1. The van der Waals surface area contributed by atoms with E-state index in [1.807, 2.05) is 79.2 Å². The van der Waals surface area contributed by atoms with Crippen molar-refractivity contribution in [3.8, 4) is 11.5 Å². The van der Waals surface area contributed by atoms with Crippen LogP contribution in [0.15, 0.2) is 91.0 Å². The number of Topliss-reactive ketones (excluding diaryl/α,β-unsaturated/α-hetero) is 1. The van der Waals surface area contributed by atoms with Crippen molar-refractivity contribution in [2.75, 3.05) is 13.7 Å². The number of benzene rings is 3. The Balaban J connectivity index is 1.53. The molecule has 1 unspecified atom stereocenters. The van der Waals surface area contributed by atoms with Gasteiger partial charge in [-0.1, -0.05) is 54.1 Å². The van der Waals surface area contributed by atoms with Crippen molar-refractivity contribution in [2.45, 2.75) is 39.5 Å². The normalized spacial score (nSPS) is 16.3. The molecule has 1 fully saturated rings. The molecular formula is C33H33N3O5. The zero-order valence-electron chi connectivity index (χ0n) is 23.4. The number of aromatic nitrogens is 2. The Morgan fingerprint density at radius 1 is 0.976 bits per heavy atom. The molecule has 41 heavy (non-hydrogen) atoms. The van der Waals surface area contributed by atoms with E-state index in [0.717, 1.165) is 16.7 Å². The summed E-state index contributed by atoms with van der Waals surface area (Å²) >= 11 is 0. The molecule has 1 atom stereocenters. The number of rotatable bonds is 10. The van der Waals surface area contributed by atoms with E-state index in [4.69, 9.17) is 9.47 Å². The molecule has 0 saturated carbocycles. The number of aryl methyl sites for hydroxylation is 3. The molecular weight excluding hydrogens is 518 g/mol. The molecule has 1 amide bonds. The van der Waals surface area contributed by atoms with Crippen LogP contribution in [-0.2, 0) is 22.7 Å². The van der Waals surface area contributed by atoms with Gasteiger partial charge in [0, 0.05) is 31.0 Å². The number of aliphatic hydroxyl groups excluding tert-OH is 1. The second-order valence-corrected chi connectivity index (χ2v) is 10.1. The molecule has 8 nitrogen and oxygen atoms in total. The minimum Gasteiger partial charge on any atom is -0.507 e. The van der Waals surface area contributed by atoms with Crippen molar-refractivity contribution in [1.29, 1.82) is 0 Å². The number of nitrogens with zero attached hydrogens (tertiary/aromatic N) is 3. The van der Waals surface area contributed by atoms with Gasteiger partial charge in [-0.05, 0) is 55.2 Å². The molecule has 1 saturated heterocycles. The molecule has 1 aliphatic heterocycles. The van der Waals surface area contributed by atoms with Crippen molar-refractivity contribution in [1.82, 2.24) is 14.5 Å². The van der Waals surface area contributed by atoms with Crippen LogP contribution in [0.25, 0.3) is 5.76 Å². The van der Waals surface area contributed by atoms with Gasteiger partial charge in [-0.3, -0.25) is 9.59 Å². The molecule has 3 aromatic carbocycles. The van der Waals surface area contributed by atoms with Gasteiger partial charge in [-0.2, -0.15) is 0 Å². The Kier molecular flexibility index (Phi) is 8.19. The summed E-state index contributed by atoms with van der Waals surface area (Å²) in [7, 11) is 1.55. The van der Waals surface area contributed by atoms with Crippen LogP contribution < -0.4 is 9.47 Å². The van der Waals surface area contributed by atoms with Crippen LogP contribution in [0, 0.1) is 13.8 Å². The summed E-state index contributed by atoms with van der Waals surface area (Å²) in [6.45, 7) is 5.08. The van der Waals surface area contributed by atoms with Crippen LogP contribution in [0.5, 0.6) is 11.5 Å². The third-order valence-corrected chi connectivity index (χ3v) is 7.30. The fraction of sp³-hybridized carbons (Fsp3) is 0.242. The van der Waals surface area contributed by atoms with Gasteiger partial charge in [0.1, 0.15) is 12.4 Å². The molecule has 8 heteroatoms. The molecule has 2 heterocycles. The lowest BCUT2D eigenvalue weighted by Crippen LogP contribution is -2.31. The van der Waals surface area contributed by atoms with Crippen molar-refractivity contribution < 1.29 is 24.2 Å². The van der Waals surface area contributed by atoms with Crippen LogP contribution in [0.3, 0.4) is 0 Å². The predicted octanol–water partition coefficient (Wildman–Crippen LogP) is 5.60. The van der Waals surface area contributed by atoms with Gasteiger partial charge in [-0.25, -0.2) is 4.98 Å². The summed E-state index contributed by atoms with van der Waals surface area (Å²) < 4.78 is 13.6. The third kappa shape index (κ3) is 5.87. The van der Waals surface area contributed by atoms with Crippen molar-refractivity contribution in [2.24, 2.45) is 0 Å². The molecule has 0 bridgehead atoms. The summed E-state index contributed by atoms with van der Waals surface area (Å²) in [6, 6.07) is 20.0. The van der Waals surface area contributed by atoms with Crippen LogP contribution in [0.2, 0.25) is 0 Å². The first-order valence-electron chi connectivity index (χ1n) is 13.5. The quantitative estimate of drug-likeness (QED) is 0.157. The Bertz CT molecular complexity index is 1580. The molecule has 4 aromatic rings. The molecule has 5 rings (SSSR count). The number of likely N-dealkylation sites (tertiary alicyclic amines) is 1. The Hall–Kier alpha value is -4.85. The monoisotopic (exact) mass is 551 g/mol. The first-order valence-corrected chi connectivity index (χ1v) is 13.5. The maximum atomic E-state index is 13.5. The maximum absolute atomic E-state index is 13.5. The van der Waals surface area contributed by atoms with Gasteiger partial charge >= 0.3 is 0 Å². The predicted molar refractivity (Wildman–Crippen MR) is 156 cm³/mol. The topological polar surface area (TPSA) is 93.9 Å².